The Morgan fingerprint density at radius 1 is 1.13 bits per heavy atom. The Labute approximate surface area is 101 Å². The minimum Gasteiger partial charge on any atom is -0.493 e. The number of rotatable bonds is 1. The predicted molar refractivity (Wildman–Crippen MR) is 61.1 cm³/mol. The SMILES string of the molecule is COc1c(Cl)ccc2c(Cl)nc(Cl)nc12. The number of fused-ring (bicyclic) bond motifs is 1. The molecule has 0 bridgehead atoms. The second kappa shape index (κ2) is 4.00. The van der Waals surface area contributed by atoms with Crippen LogP contribution in [-0.2, 0) is 0 Å². The third kappa shape index (κ3) is 1.83. The lowest BCUT2D eigenvalue weighted by Crippen LogP contribution is -1.92. The second-order valence-electron chi connectivity index (χ2n) is 2.76. The maximum Gasteiger partial charge on any atom is 0.224 e. The molecule has 78 valence electrons. The Morgan fingerprint density at radius 2 is 1.87 bits per heavy atom. The van der Waals surface area contributed by atoms with Gasteiger partial charge in [0.1, 0.15) is 10.7 Å². The molecule has 0 atom stereocenters. The third-order valence-electron chi connectivity index (χ3n) is 1.90. The van der Waals surface area contributed by atoms with Gasteiger partial charge in [-0.25, -0.2) is 9.97 Å². The van der Waals surface area contributed by atoms with E-state index in [1.54, 1.807) is 12.1 Å². The average Bonchev–Trinajstić information content (AvgIpc) is 2.17. The lowest BCUT2D eigenvalue weighted by Gasteiger charge is -2.07. The van der Waals surface area contributed by atoms with Crippen molar-refractivity contribution in [3.05, 3.63) is 27.6 Å². The summed E-state index contributed by atoms with van der Waals surface area (Å²) in [7, 11) is 1.50. The summed E-state index contributed by atoms with van der Waals surface area (Å²) in [6.45, 7) is 0. The van der Waals surface area contributed by atoms with E-state index < -0.39 is 0 Å². The summed E-state index contributed by atoms with van der Waals surface area (Å²) in [5.41, 5.74) is 0.509. The molecule has 0 saturated carbocycles. The van der Waals surface area contributed by atoms with Gasteiger partial charge in [-0.1, -0.05) is 23.2 Å². The molecule has 0 aliphatic heterocycles. The van der Waals surface area contributed by atoms with Gasteiger partial charge >= 0.3 is 0 Å². The van der Waals surface area contributed by atoms with E-state index >= 15 is 0 Å². The zero-order chi connectivity index (χ0) is 11.0. The topological polar surface area (TPSA) is 35.0 Å². The van der Waals surface area contributed by atoms with Crippen molar-refractivity contribution in [3.63, 3.8) is 0 Å². The fourth-order valence-electron chi connectivity index (χ4n) is 1.28. The number of methoxy groups -OCH3 is 1. The smallest absolute Gasteiger partial charge is 0.224 e. The van der Waals surface area contributed by atoms with Crippen LogP contribution in [-0.4, -0.2) is 17.1 Å². The predicted octanol–water partition coefficient (Wildman–Crippen LogP) is 3.60. The first-order chi connectivity index (χ1) is 7.13. The molecule has 0 unspecified atom stereocenters. The second-order valence-corrected chi connectivity index (χ2v) is 3.86. The Morgan fingerprint density at radius 3 is 2.53 bits per heavy atom. The van der Waals surface area contributed by atoms with Crippen LogP contribution in [0.2, 0.25) is 15.5 Å². The number of aromatic nitrogens is 2. The van der Waals surface area contributed by atoms with Gasteiger partial charge in [-0.05, 0) is 23.7 Å². The van der Waals surface area contributed by atoms with Gasteiger partial charge in [0.15, 0.2) is 5.75 Å². The standard InChI is InChI=1S/C9H5Cl3N2O/c1-15-7-5(10)3-2-4-6(7)13-9(12)14-8(4)11/h2-3H,1H3. The van der Waals surface area contributed by atoms with Crippen molar-refractivity contribution in [2.75, 3.05) is 7.11 Å². The molecule has 0 radical (unpaired) electrons. The molecular formula is C9H5Cl3N2O. The third-order valence-corrected chi connectivity index (χ3v) is 2.66. The van der Waals surface area contributed by atoms with Gasteiger partial charge in [0, 0.05) is 5.39 Å². The van der Waals surface area contributed by atoms with Crippen molar-refractivity contribution in [2.24, 2.45) is 0 Å². The molecule has 0 N–H and O–H groups in total. The maximum atomic E-state index is 5.94. The van der Waals surface area contributed by atoms with Gasteiger partial charge in [-0.15, -0.1) is 0 Å². The van der Waals surface area contributed by atoms with Crippen molar-refractivity contribution < 1.29 is 4.74 Å². The van der Waals surface area contributed by atoms with Crippen LogP contribution in [0, 0.1) is 0 Å². The fraction of sp³-hybridized carbons (Fsp3) is 0.111. The minimum absolute atomic E-state index is 0.0630. The van der Waals surface area contributed by atoms with Gasteiger partial charge in [0.05, 0.1) is 12.1 Å². The molecule has 0 aliphatic carbocycles. The Balaban J connectivity index is 2.91. The highest BCUT2D eigenvalue weighted by atomic mass is 35.5. The molecule has 3 nitrogen and oxygen atoms in total. The van der Waals surface area contributed by atoms with E-state index in [0.717, 1.165) is 0 Å². The molecule has 6 heteroatoms. The zero-order valence-electron chi connectivity index (χ0n) is 7.59. The monoisotopic (exact) mass is 262 g/mol. The summed E-state index contributed by atoms with van der Waals surface area (Å²) in [5, 5.41) is 1.45. The minimum atomic E-state index is 0.0630. The van der Waals surface area contributed by atoms with Crippen molar-refractivity contribution in [2.45, 2.75) is 0 Å². The number of ether oxygens (including phenoxy) is 1. The molecule has 0 amide bonds. The molecule has 1 aromatic carbocycles. The summed E-state index contributed by atoms with van der Waals surface area (Å²) in [4.78, 5) is 7.86. The van der Waals surface area contributed by atoms with Crippen molar-refractivity contribution in [1.29, 1.82) is 0 Å². The quantitative estimate of drug-likeness (QED) is 0.582. The van der Waals surface area contributed by atoms with Gasteiger partial charge in [-0.3, -0.25) is 0 Å². The molecule has 2 rings (SSSR count). The van der Waals surface area contributed by atoms with E-state index in [4.69, 9.17) is 39.5 Å². The van der Waals surface area contributed by atoms with E-state index in [0.29, 0.717) is 21.7 Å². The van der Waals surface area contributed by atoms with Crippen LogP contribution in [0.1, 0.15) is 0 Å². The average molecular weight is 264 g/mol. The summed E-state index contributed by atoms with van der Waals surface area (Å²) < 4.78 is 5.13. The summed E-state index contributed by atoms with van der Waals surface area (Å²) >= 11 is 17.5. The van der Waals surface area contributed by atoms with Crippen molar-refractivity contribution in [3.8, 4) is 5.75 Å². The Hall–Kier alpha value is -0.770. The molecule has 15 heavy (non-hydrogen) atoms. The highest BCUT2D eigenvalue weighted by molar-refractivity contribution is 6.37. The molecule has 2 aromatic rings. The summed E-state index contributed by atoms with van der Waals surface area (Å²) in [6.07, 6.45) is 0. The molecule has 1 heterocycles. The maximum absolute atomic E-state index is 5.94. The summed E-state index contributed by atoms with van der Waals surface area (Å²) in [6, 6.07) is 3.39. The molecule has 0 aliphatic rings. The molecular weight excluding hydrogens is 258 g/mol. The van der Waals surface area contributed by atoms with Gasteiger partial charge < -0.3 is 4.74 Å². The first-order valence-electron chi connectivity index (χ1n) is 3.98. The van der Waals surface area contributed by atoms with E-state index in [1.165, 1.54) is 7.11 Å². The van der Waals surface area contributed by atoms with Crippen LogP contribution in [0.25, 0.3) is 10.9 Å². The van der Waals surface area contributed by atoms with Crippen LogP contribution in [0.15, 0.2) is 12.1 Å². The van der Waals surface area contributed by atoms with Crippen LogP contribution < -0.4 is 4.74 Å². The number of hydrogen-bond donors (Lipinski definition) is 0. The summed E-state index contributed by atoms with van der Waals surface area (Å²) in [5.74, 6) is 0.445. The van der Waals surface area contributed by atoms with Crippen LogP contribution in [0.3, 0.4) is 0 Å². The molecule has 0 saturated heterocycles. The van der Waals surface area contributed by atoms with Crippen molar-refractivity contribution >= 4 is 45.7 Å². The van der Waals surface area contributed by atoms with Gasteiger partial charge in [-0.2, -0.15) is 0 Å². The number of nitrogens with zero attached hydrogens (tertiary/aromatic N) is 2. The largest absolute Gasteiger partial charge is 0.493 e. The van der Waals surface area contributed by atoms with E-state index in [9.17, 15) is 0 Å². The number of hydrogen-bond acceptors (Lipinski definition) is 3. The van der Waals surface area contributed by atoms with E-state index in [2.05, 4.69) is 9.97 Å². The van der Waals surface area contributed by atoms with Crippen LogP contribution in [0.4, 0.5) is 0 Å². The Kier molecular flexibility index (Phi) is 2.87. The van der Waals surface area contributed by atoms with E-state index in [1.807, 2.05) is 0 Å². The highest BCUT2D eigenvalue weighted by Gasteiger charge is 2.12. The number of benzene rings is 1. The lowest BCUT2D eigenvalue weighted by molar-refractivity contribution is 0.419. The molecule has 1 aromatic heterocycles. The molecule has 0 fully saturated rings. The van der Waals surface area contributed by atoms with Crippen molar-refractivity contribution in [1.82, 2.24) is 9.97 Å². The molecule has 0 spiro atoms. The van der Waals surface area contributed by atoms with Crippen LogP contribution >= 0.6 is 34.8 Å². The first kappa shape index (κ1) is 10.7. The fourth-order valence-corrected chi connectivity index (χ4v) is 1.95. The Bertz CT molecular complexity index is 530. The van der Waals surface area contributed by atoms with Crippen LogP contribution in [0.5, 0.6) is 5.75 Å². The zero-order valence-corrected chi connectivity index (χ0v) is 9.86. The normalized spacial score (nSPS) is 10.7. The highest BCUT2D eigenvalue weighted by Crippen LogP contribution is 2.34. The van der Waals surface area contributed by atoms with E-state index in [-0.39, 0.29) is 10.4 Å². The van der Waals surface area contributed by atoms with Gasteiger partial charge in [0.25, 0.3) is 0 Å². The number of halogens is 3. The van der Waals surface area contributed by atoms with Gasteiger partial charge in [0.2, 0.25) is 5.28 Å². The first-order valence-corrected chi connectivity index (χ1v) is 5.12. The lowest BCUT2D eigenvalue weighted by atomic mass is 10.2.